The first kappa shape index (κ1) is 43.3. The molecule has 330 valence electrons. The van der Waals surface area contributed by atoms with Gasteiger partial charge in [-0.2, -0.15) is 0 Å². The van der Waals surface area contributed by atoms with Gasteiger partial charge in [-0.3, -0.25) is 25.0 Å². The van der Waals surface area contributed by atoms with Gasteiger partial charge in [0.25, 0.3) is 0 Å². The highest BCUT2D eigenvalue weighted by molar-refractivity contribution is 6.01. The number of aromatic amines is 1. The Bertz CT molecular complexity index is 2860. The van der Waals surface area contributed by atoms with E-state index < -0.39 is 23.4 Å². The van der Waals surface area contributed by atoms with E-state index in [1.54, 1.807) is 42.9 Å². The van der Waals surface area contributed by atoms with E-state index in [-0.39, 0.29) is 64.7 Å². The quantitative estimate of drug-likeness (QED) is 0.121. The lowest BCUT2D eigenvalue weighted by Gasteiger charge is -2.16. The number of alkyl halides is 4. The zero-order chi connectivity index (χ0) is 44.3. The number of halogens is 5. The van der Waals surface area contributed by atoms with Crippen molar-refractivity contribution in [1.29, 1.82) is 0 Å². The van der Waals surface area contributed by atoms with Gasteiger partial charge in [-0.1, -0.05) is 12.1 Å². The van der Waals surface area contributed by atoms with Crippen molar-refractivity contribution in [3.8, 4) is 51.4 Å². The second-order valence-electron chi connectivity index (χ2n) is 15.2. The van der Waals surface area contributed by atoms with Crippen molar-refractivity contribution in [3.63, 3.8) is 0 Å². The summed E-state index contributed by atoms with van der Waals surface area (Å²) in [6.45, 7) is 3.67. The first-order valence-electron chi connectivity index (χ1n) is 19.4. The molecule has 2 amide bonds. The minimum Gasteiger partial charge on any atom is -0.481 e. The number of aryl methyl sites for hydroxylation is 2. The van der Waals surface area contributed by atoms with E-state index in [1.165, 1.54) is 43.6 Å². The van der Waals surface area contributed by atoms with Crippen molar-refractivity contribution < 1.29 is 50.8 Å². The number of carbonyl (C=O) groups is 2. The minimum absolute atomic E-state index is 0. The second-order valence-corrected chi connectivity index (χ2v) is 15.2. The van der Waals surface area contributed by atoms with E-state index in [9.17, 15) is 31.9 Å². The predicted octanol–water partition coefficient (Wildman–Crippen LogP) is 7.40. The van der Waals surface area contributed by atoms with Crippen LogP contribution in [-0.4, -0.2) is 61.4 Å². The van der Waals surface area contributed by atoms with E-state index in [0.29, 0.717) is 59.6 Å². The molecule has 21 heteroatoms. The van der Waals surface area contributed by atoms with Crippen LogP contribution in [0.5, 0.6) is 28.9 Å². The van der Waals surface area contributed by atoms with Gasteiger partial charge in [-0.25, -0.2) is 24.9 Å². The predicted molar refractivity (Wildman–Crippen MR) is 221 cm³/mol. The zero-order valence-electron chi connectivity index (χ0n) is 33.8. The molecule has 2 aromatic carbocycles. The first-order chi connectivity index (χ1) is 30.0. The average Bonchev–Trinajstić information content (AvgIpc) is 4.18. The van der Waals surface area contributed by atoms with Crippen molar-refractivity contribution >= 4 is 36.1 Å². The summed E-state index contributed by atoms with van der Waals surface area (Å²) in [4.78, 5) is 61.5. The Hall–Kier alpha value is -7.35. The maximum absolute atomic E-state index is 13.3. The molecule has 0 bridgehead atoms. The molecule has 2 aliphatic heterocycles. The van der Waals surface area contributed by atoms with E-state index in [0.717, 1.165) is 16.7 Å². The molecule has 4 aromatic heterocycles. The van der Waals surface area contributed by atoms with Gasteiger partial charge >= 0.3 is 12.6 Å². The minimum atomic E-state index is -3.71. The number of pyridine rings is 2. The van der Waals surface area contributed by atoms with E-state index in [2.05, 4.69) is 59.5 Å². The number of methoxy groups -OCH3 is 1. The number of ether oxygens (including phenoxy) is 5. The number of aromatic nitrogens is 6. The third-order valence-corrected chi connectivity index (χ3v) is 10.9. The number of nitrogens with one attached hydrogen (secondary N) is 3. The van der Waals surface area contributed by atoms with Gasteiger partial charge in [-0.15, -0.1) is 30.0 Å². The Morgan fingerprint density at radius 2 is 1.11 bits per heavy atom. The summed E-state index contributed by atoms with van der Waals surface area (Å²) in [5.74, 6) is -0.250. The maximum Gasteiger partial charge on any atom is 0.586 e. The Labute approximate surface area is 366 Å². The standard InChI is InChI=1S/C22H18F2N4O4.C21H16F2N4O4.ClH/c1-12-10-26-20(27-18(12)13-3-6-17(30-2)25-11-13)28-19(29)21(7-8-21)14-4-5-15-16(9-14)32-22(23,24)31-15;1-11-9-25-19(26-17(11)12-2-5-16(28)24-10-12)27-18(29)20(6-7-20)13-3-4-14-15(8-13)31-21(22,23)30-14;/h3-6,9-11H,7-8H2,1-2H3,(H,26,27,28,29);2-5,8-10H,6-7H2,1H3,(H,24,28)(H,25,26,27,29);1H. The lowest BCUT2D eigenvalue weighted by Crippen LogP contribution is -2.28. The molecule has 4 aliphatic rings. The van der Waals surface area contributed by atoms with E-state index in [1.807, 2.05) is 19.9 Å². The molecule has 0 spiro atoms. The largest absolute Gasteiger partial charge is 0.586 e. The highest BCUT2D eigenvalue weighted by Crippen LogP contribution is 2.53. The maximum atomic E-state index is 13.3. The van der Waals surface area contributed by atoms with Gasteiger partial charge in [0.05, 0.1) is 29.3 Å². The SMILES string of the molecule is COc1ccc(-c2nc(NC(=O)C3(c4ccc5c(c4)OC(F)(F)O5)CC3)ncc2C)cn1.Cc1cnc(NC(=O)C2(c3ccc4c(c3)OC(F)(F)O4)CC2)nc1-c1ccc(=O)[nH]c1.Cl. The molecule has 0 atom stereocenters. The third kappa shape index (κ3) is 8.42. The van der Waals surface area contributed by atoms with Crippen LogP contribution in [0.2, 0.25) is 0 Å². The van der Waals surface area contributed by atoms with Crippen LogP contribution in [0.1, 0.15) is 47.9 Å². The second kappa shape index (κ2) is 16.1. The first-order valence-corrected chi connectivity index (χ1v) is 19.4. The summed E-state index contributed by atoms with van der Waals surface area (Å²) < 4.78 is 76.2. The van der Waals surface area contributed by atoms with Crippen molar-refractivity contribution in [2.75, 3.05) is 17.7 Å². The Balaban J connectivity index is 0.000000172. The number of anilines is 2. The number of nitrogens with zero attached hydrogens (tertiary/aromatic N) is 5. The molecule has 2 aliphatic carbocycles. The Kier molecular flexibility index (Phi) is 10.9. The molecule has 6 aromatic rings. The van der Waals surface area contributed by atoms with Gasteiger partial charge in [0.1, 0.15) is 0 Å². The topological polar surface area (TPSA) is 202 Å². The van der Waals surface area contributed by atoms with Crippen LogP contribution in [0.25, 0.3) is 22.5 Å². The number of H-pyrrole nitrogens is 1. The molecular weight excluding hydrogens is 868 g/mol. The summed E-state index contributed by atoms with van der Waals surface area (Å²) in [6, 6.07) is 15.3. The van der Waals surface area contributed by atoms with Crippen molar-refractivity contribution in [2.45, 2.75) is 63.0 Å². The van der Waals surface area contributed by atoms with Gasteiger partial charge in [0.15, 0.2) is 23.0 Å². The van der Waals surface area contributed by atoms with Gasteiger partial charge < -0.3 is 28.7 Å². The fourth-order valence-corrected chi connectivity index (χ4v) is 7.27. The number of benzene rings is 2. The lowest BCUT2D eigenvalue weighted by atomic mass is 9.94. The molecule has 0 unspecified atom stereocenters. The molecule has 0 saturated heterocycles. The van der Waals surface area contributed by atoms with Crippen molar-refractivity contribution in [1.82, 2.24) is 29.9 Å². The van der Waals surface area contributed by atoms with Gasteiger partial charge in [0.2, 0.25) is 35.2 Å². The zero-order valence-corrected chi connectivity index (χ0v) is 34.6. The van der Waals surface area contributed by atoms with Crippen molar-refractivity contribution in [3.05, 3.63) is 118 Å². The average molecular weight is 903 g/mol. The number of fused-ring (bicyclic) bond motifs is 2. The molecule has 3 N–H and O–H groups in total. The molecule has 64 heavy (non-hydrogen) atoms. The summed E-state index contributed by atoms with van der Waals surface area (Å²) in [6.07, 6.45) is 1.16. The number of hydrogen-bond donors (Lipinski definition) is 3. The highest BCUT2D eigenvalue weighted by atomic mass is 35.5. The molecule has 6 heterocycles. The van der Waals surface area contributed by atoms with Crippen LogP contribution in [0, 0.1) is 13.8 Å². The van der Waals surface area contributed by atoms with Crippen LogP contribution in [0.15, 0.2) is 90.2 Å². The number of amides is 2. The summed E-state index contributed by atoms with van der Waals surface area (Å²) in [7, 11) is 1.53. The third-order valence-electron chi connectivity index (χ3n) is 10.9. The number of carbonyl (C=O) groups excluding carboxylic acids is 2. The fourth-order valence-electron chi connectivity index (χ4n) is 7.27. The summed E-state index contributed by atoms with van der Waals surface area (Å²) in [5, 5.41) is 5.48. The molecule has 2 fully saturated rings. The van der Waals surface area contributed by atoms with Crippen LogP contribution in [0.4, 0.5) is 29.5 Å². The van der Waals surface area contributed by atoms with Gasteiger partial charge in [0, 0.05) is 48.0 Å². The molecule has 10 rings (SSSR count). The van der Waals surface area contributed by atoms with Crippen LogP contribution in [0.3, 0.4) is 0 Å². The monoisotopic (exact) mass is 902 g/mol. The van der Waals surface area contributed by atoms with Gasteiger partial charge in [-0.05, 0) is 98.2 Å². The lowest BCUT2D eigenvalue weighted by molar-refractivity contribution is -0.287. The Morgan fingerprint density at radius 1 is 0.641 bits per heavy atom. The van der Waals surface area contributed by atoms with Crippen LogP contribution >= 0.6 is 12.4 Å². The van der Waals surface area contributed by atoms with Crippen LogP contribution < -0.4 is 39.9 Å². The van der Waals surface area contributed by atoms with Crippen LogP contribution in [-0.2, 0) is 20.4 Å². The molecule has 16 nitrogen and oxygen atoms in total. The van der Waals surface area contributed by atoms with E-state index >= 15 is 0 Å². The summed E-state index contributed by atoms with van der Waals surface area (Å²) >= 11 is 0. The fraction of sp³-hybridized carbons (Fsp3) is 0.256. The molecular formula is C43H35ClF4N8O8. The molecule has 0 radical (unpaired) electrons. The van der Waals surface area contributed by atoms with Crippen molar-refractivity contribution in [2.24, 2.45) is 0 Å². The Morgan fingerprint density at radius 3 is 1.53 bits per heavy atom. The smallest absolute Gasteiger partial charge is 0.481 e. The summed E-state index contributed by atoms with van der Waals surface area (Å²) in [5.41, 5.74) is 3.36. The normalized spacial score (nSPS) is 16.9. The number of hydrogen-bond acceptors (Lipinski definition) is 13. The molecule has 2 saturated carbocycles. The number of rotatable bonds is 9. The highest BCUT2D eigenvalue weighted by Gasteiger charge is 2.54. The van der Waals surface area contributed by atoms with E-state index in [4.69, 9.17) is 4.74 Å².